The first-order valence-electron chi connectivity index (χ1n) is 4.13. The van der Waals surface area contributed by atoms with Crippen LogP contribution < -0.4 is 0 Å². The minimum Gasteiger partial charge on any atom is -0.277 e. The third kappa shape index (κ3) is 1.27. The number of carbonyl (C=O) groups excluding carboxylic acids is 1. The van der Waals surface area contributed by atoms with Crippen molar-refractivity contribution in [1.82, 2.24) is 0 Å². The van der Waals surface area contributed by atoms with Crippen LogP contribution in [0.5, 0.6) is 0 Å². The fraction of sp³-hybridized carbons (Fsp3) is 0.600. The Morgan fingerprint density at radius 3 is 2.50 bits per heavy atom. The number of allylic oxidation sites excluding steroid dienone is 2. The molecular formula is C10H13NO. The first-order valence-corrected chi connectivity index (χ1v) is 4.13. The van der Waals surface area contributed by atoms with Gasteiger partial charge < -0.3 is 0 Å². The molecule has 0 aromatic heterocycles. The quantitative estimate of drug-likeness (QED) is 0.556. The molecule has 1 aliphatic carbocycles. The van der Waals surface area contributed by atoms with E-state index in [2.05, 4.69) is 13.8 Å². The molecule has 0 amide bonds. The Morgan fingerprint density at radius 2 is 2.17 bits per heavy atom. The van der Waals surface area contributed by atoms with E-state index in [0.29, 0.717) is 0 Å². The number of hydrogen-bond acceptors (Lipinski definition) is 2. The topological polar surface area (TPSA) is 40.9 Å². The highest BCUT2D eigenvalue weighted by Gasteiger charge is 2.31. The van der Waals surface area contributed by atoms with Crippen molar-refractivity contribution in [3.63, 3.8) is 0 Å². The lowest BCUT2D eigenvalue weighted by atomic mass is 9.86. The molecule has 2 heteroatoms. The Bertz CT molecular complexity index is 291. The zero-order valence-corrected chi connectivity index (χ0v) is 7.77. The number of rotatable bonds is 1. The molecule has 12 heavy (non-hydrogen) atoms. The molecule has 0 saturated carbocycles. The van der Waals surface area contributed by atoms with Gasteiger partial charge in [0.15, 0.2) is 0 Å². The van der Waals surface area contributed by atoms with E-state index in [1.54, 1.807) is 6.07 Å². The van der Waals surface area contributed by atoms with E-state index in [0.717, 1.165) is 24.0 Å². The van der Waals surface area contributed by atoms with Gasteiger partial charge in [0.05, 0.1) is 0 Å². The molecule has 0 spiro atoms. The van der Waals surface area contributed by atoms with Crippen LogP contribution >= 0.6 is 0 Å². The van der Waals surface area contributed by atoms with Gasteiger partial charge in [-0.15, -0.1) is 0 Å². The summed E-state index contributed by atoms with van der Waals surface area (Å²) < 4.78 is 0. The number of nitriles is 1. The van der Waals surface area contributed by atoms with Crippen molar-refractivity contribution in [3.05, 3.63) is 11.1 Å². The van der Waals surface area contributed by atoms with Crippen LogP contribution in [0.2, 0.25) is 0 Å². The zero-order valence-electron chi connectivity index (χ0n) is 7.77. The van der Waals surface area contributed by atoms with E-state index in [1.165, 1.54) is 0 Å². The summed E-state index contributed by atoms with van der Waals surface area (Å²) in [5.41, 5.74) is 1.94. The molecule has 0 atom stereocenters. The molecule has 1 aliphatic rings. The minimum atomic E-state index is -0.349. The second kappa shape index (κ2) is 2.75. The minimum absolute atomic E-state index is 0.113. The lowest BCUT2D eigenvalue weighted by molar-refractivity contribution is -0.110. The van der Waals surface area contributed by atoms with Crippen molar-refractivity contribution in [2.24, 2.45) is 5.41 Å². The van der Waals surface area contributed by atoms with Gasteiger partial charge in [-0.2, -0.15) is 5.26 Å². The molecule has 2 nitrogen and oxygen atoms in total. The van der Waals surface area contributed by atoms with Crippen molar-refractivity contribution >= 4 is 5.78 Å². The summed E-state index contributed by atoms with van der Waals surface area (Å²) in [5, 5.41) is 8.45. The van der Waals surface area contributed by atoms with Crippen molar-refractivity contribution in [3.8, 4) is 6.07 Å². The summed E-state index contributed by atoms with van der Waals surface area (Å²) in [4.78, 5) is 11.1. The molecule has 0 bridgehead atoms. The summed E-state index contributed by atoms with van der Waals surface area (Å²) >= 11 is 0. The Morgan fingerprint density at radius 1 is 1.58 bits per heavy atom. The van der Waals surface area contributed by atoms with Gasteiger partial charge >= 0.3 is 0 Å². The fourth-order valence-corrected chi connectivity index (χ4v) is 1.57. The lowest BCUT2D eigenvalue weighted by Gasteiger charge is -2.18. The van der Waals surface area contributed by atoms with Gasteiger partial charge in [0.1, 0.15) is 6.07 Å². The molecule has 0 heterocycles. The number of carbonyl (C=O) groups is 1. The van der Waals surface area contributed by atoms with Gasteiger partial charge in [-0.25, -0.2) is 0 Å². The summed E-state index contributed by atoms with van der Waals surface area (Å²) in [6.45, 7) is 6.18. The van der Waals surface area contributed by atoms with Crippen LogP contribution in [0.15, 0.2) is 11.1 Å². The van der Waals surface area contributed by atoms with Gasteiger partial charge in [-0.1, -0.05) is 19.4 Å². The molecular weight excluding hydrogens is 150 g/mol. The second-order valence-corrected chi connectivity index (χ2v) is 3.93. The van der Waals surface area contributed by atoms with Crippen molar-refractivity contribution in [2.45, 2.75) is 33.6 Å². The molecule has 0 unspecified atom stereocenters. The Balaban J connectivity index is 3.03. The Hall–Kier alpha value is -1.10. The van der Waals surface area contributed by atoms with Gasteiger partial charge in [0, 0.05) is 5.57 Å². The first kappa shape index (κ1) is 8.99. The van der Waals surface area contributed by atoms with Crippen LogP contribution in [-0.2, 0) is 4.79 Å². The van der Waals surface area contributed by atoms with E-state index in [-0.39, 0.29) is 11.2 Å². The highest BCUT2D eigenvalue weighted by atomic mass is 16.1. The predicted molar refractivity (Wildman–Crippen MR) is 46.3 cm³/mol. The Labute approximate surface area is 72.9 Å². The molecule has 64 valence electrons. The van der Waals surface area contributed by atoms with E-state index in [1.807, 2.05) is 6.92 Å². The van der Waals surface area contributed by atoms with Gasteiger partial charge in [-0.3, -0.25) is 4.79 Å². The van der Waals surface area contributed by atoms with E-state index in [4.69, 9.17) is 5.26 Å². The molecule has 0 aliphatic heterocycles. The normalized spacial score (nSPS) is 20.8. The number of Topliss-reactive ketones (excluding diaryl/α,β-unsaturated/α-hetero) is 1. The van der Waals surface area contributed by atoms with Crippen molar-refractivity contribution in [1.29, 1.82) is 5.26 Å². The first-order chi connectivity index (χ1) is 5.49. The third-order valence-corrected chi connectivity index (χ3v) is 2.84. The van der Waals surface area contributed by atoms with E-state index < -0.39 is 0 Å². The lowest BCUT2D eigenvalue weighted by Crippen LogP contribution is -2.08. The fourth-order valence-electron chi connectivity index (χ4n) is 1.57. The van der Waals surface area contributed by atoms with Gasteiger partial charge in [-0.05, 0) is 25.2 Å². The molecule has 0 aromatic rings. The van der Waals surface area contributed by atoms with Gasteiger partial charge in [0.25, 0.3) is 5.78 Å². The standard InChI is InChI=1S/C10H13NO/c1-7-8(9(12)6-11)4-5-10(7,2)3/h4-5H2,1-3H3. The summed E-state index contributed by atoms with van der Waals surface area (Å²) in [6, 6.07) is 1.68. The highest BCUT2D eigenvalue weighted by Crippen LogP contribution is 2.41. The molecule has 1 rings (SSSR count). The number of hydrogen-bond donors (Lipinski definition) is 0. The second-order valence-electron chi connectivity index (χ2n) is 3.93. The van der Waals surface area contributed by atoms with Crippen molar-refractivity contribution < 1.29 is 4.79 Å². The third-order valence-electron chi connectivity index (χ3n) is 2.84. The maximum absolute atomic E-state index is 11.1. The largest absolute Gasteiger partial charge is 0.277 e. The molecule has 0 radical (unpaired) electrons. The summed E-state index contributed by atoms with van der Waals surface area (Å²) in [7, 11) is 0. The number of ketones is 1. The van der Waals surface area contributed by atoms with Crippen LogP contribution in [0.4, 0.5) is 0 Å². The van der Waals surface area contributed by atoms with E-state index >= 15 is 0 Å². The average molecular weight is 163 g/mol. The van der Waals surface area contributed by atoms with E-state index in [9.17, 15) is 4.79 Å². The smallest absolute Gasteiger partial charge is 0.258 e. The summed E-state index contributed by atoms with van der Waals surface area (Å²) in [5.74, 6) is -0.349. The molecule has 0 fully saturated rings. The van der Waals surface area contributed by atoms with Crippen LogP contribution in [0.1, 0.15) is 33.6 Å². The molecule has 0 N–H and O–H groups in total. The van der Waals surface area contributed by atoms with Crippen LogP contribution in [-0.4, -0.2) is 5.78 Å². The van der Waals surface area contributed by atoms with Crippen LogP contribution in [0.25, 0.3) is 0 Å². The maximum atomic E-state index is 11.1. The van der Waals surface area contributed by atoms with Crippen LogP contribution in [0, 0.1) is 16.7 Å². The SMILES string of the molecule is CC1=C(C(=O)C#N)CCC1(C)C. The average Bonchev–Trinajstić information content (AvgIpc) is 2.27. The Kier molecular flexibility index (Phi) is 2.06. The summed E-state index contributed by atoms with van der Waals surface area (Å²) in [6.07, 6.45) is 1.76. The van der Waals surface area contributed by atoms with Crippen molar-refractivity contribution in [2.75, 3.05) is 0 Å². The number of nitrogens with zero attached hydrogens (tertiary/aromatic N) is 1. The molecule has 0 aromatic carbocycles. The maximum Gasteiger partial charge on any atom is 0.258 e. The highest BCUT2D eigenvalue weighted by molar-refractivity contribution is 6.07. The predicted octanol–water partition coefficient (Wildman–Crippen LogP) is 2.22. The van der Waals surface area contributed by atoms with Gasteiger partial charge in [0.2, 0.25) is 0 Å². The molecule has 0 saturated heterocycles. The van der Waals surface area contributed by atoms with Crippen LogP contribution in [0.3, 0.4) is 0 Å². The monoisotopic (exact) mass is 163 g/mol. The zero-order chi connectivity index (χ0) is 9.35.